The molecule has 1 heterocycles. The molecule has 0 saturated carbocycles. The number of β-amino-alcohol motifs (C(OH)–C–C–N with tert-alkyl or cyclic N) is 1. The number of hydrogen-bond acceptors (Lipinski definition) is 4. The summed E-state index contributed by atoms with van der Waals surface area (Å²) in [6, 6.07) is 17.5. The van der Waals surface area contributed by atoms with Gasteiger partial charge in [-0.3, -0.25) is 4.79 Å². The molecule has 28 heavy (non-hydrogen) atoms. The fourth-order valence-electron chi connectivity index (χ4n) is 3.52. The Balaban J connectivity index is 1.37. The molecule has 1 amide bonds. The Bertz CT molecular complexity index is 743. The van der Waals surface area contributed by atoms with Crippen molar-refractivity contribution in [3.63, 3.8) is 0 Å². The van der Waals surface area contributed by atoms with Gasteiger partial charge in [0.2, 0.25) is 0 Å². The molecular weight excluding hydrogens is 352 g/mol. The van der Waals surface area contributed by atoms with Crippen molar-refractivity contribution in [3.8, 4) is 5.75 Å². The fourth-order valence-corrected chi connectivity index (χ4v) is 3.52. The number of carbonyl (C=O) groups is 1. The van der Waals surface area contributed by atoms with Crippen LogP contribution in [0.3, 0.4) is 0 Å². The van der Waals surface area contributed by atoms with Crippen LogP contribution in [0.1, 0.15) is 35.7 Å². The molecule has 0 aromatic heterocycles. The SMILES string of the molecule is CCc1cccc(OCC(O)CN2CCC(NC(=O)c3ccccc3)CC2)c1. The molecule has 0 spiro atoms. The van der Waals surface area contributed by atoms with E-state index in [0.29, 0.717) is 12.1 Å². The van der Waals surface area contributed by atoms with Gasteiger partial charge < -0.3 is 20.1 Å². The van der Waals surface area contributed by atoms with Crippen molar-refractivity contribution >= 4 is 5.91 Å². The first-order valence-corrected chi connectivity index (χ1v) is 10.1. The Morgan fingerprint density at radius 3 is 2.64 bits per heavy atom. The number of carbonyl (C=O) groups excluding carboxylic acids is 1. The van der Waals surface area contributed by atoms with Gasteiger partial charge in [0.05, 0.1) is 0 Å². The maximum Gasteiger partial charge on any atom is 0.251 e. The van der Waals surface area contributed by atoms with Gasteiger partial charge in [-0.1, -0.05) is 37.3 Å². The summed E-state index contributed by atoms with van der Waals surface area (Å²) in [4.78, 5) is 14.5. The first-order chi connectivity index (χ1) is 13.6. The van der Waals surface area contributed by atoms with E-state index >= 15 is 0 Å². The zero-order chi connectivity index (χ0) is 19.8. The van der Waals surface area contributed by atoms with Crippen LogP contribution in [0.5, 0.6) is 5.75 Å². The fraction of sp³-hybridized carbons (Fsp3) is 0.435. The van der Waals surface area contributed by atoms with Gasteiger partial charge >= 0.3 is 0 Å². The zero-order valence-corrected chi connectivity index (χ0v) is 16.5. The molecule has 1 aliphatic rings. The average molecular weight is 383 g/mol. The quantitative estimate of drug-likeness (QED) is 0.737. The molecule has 0 aliphatic carbocycles. The molecule has 1 atom stereocenters. The van der Waals surface area contributed by atoms with E-state index in [-0.39, 0.29) is 18.6 Å². The van der Waals surface area contributed by atoms with E-state index in [1.807, 2.05) is 48.5 Å². The van der Waals surface area contributed by atoms with Gasteiger partial charge in [-0.2, -0.15) is 0 Å². The summed E-state index contributed by atoms with van der Waals surface area (Å²) in [5.41, 5.74) is 1.93. The van der Waals surface area contributed by atoms with Gasteiger partial charge in [-0.05, 0) is 49.1 Å². The second kappa shape index (κ2) is 10.2. The van der Waals surface area contributed by atoms with Crippen LogP contribution in [0, 0.1) is 0 Å². The van der Waals surface area contributed by atoms with E-state index in [0.717, 1.165) is 38.1 Å². The predicted molar refractivity (Wildman–Crippen MR) is 111 cm³/mol. The number of amides is 1. The first-order valence-electron chi connectivity index (χ1n) is 10.1. The number of likely N-dealkylation sites (tertiary alicyclic amines) is 1. The van der Waals surface area contributed by atoms with Gasteiger partial charge in [-0.15, -0.1) is 0 Å². The van der Waals surface area contributed by atoms with Crippen LogP contribution in [-0.4, -0.2) is 54.3 Å². The molecule has 150 valence electrons. The largest absolute Gasteiger partial charge is 0.491 e. The van der Waals surface area contributed by atoms with Crippen LogP contribution in [0.4, 0.5) is 0 Å². The van der Waals surface area contributed by atoms with Crippen molar-refractivity contribution in [2.24, 2.45) is 0 Å². The van der Waals surface area contributed by atoms with Crippen LogP contribution >= 0.6 is 0 Å². The third kappa shape index (κ3) is 6.08. The number of nitrogens with zero attached hydrogens (tertiary/aromatic N) is 1. The lowest BCUT2D eigenvalue weighted by Crippen LogP contribution is -2.47. The normalized spacial score (nSPS) is 16.5. The Hall–Kier alpha value is -2.37. The summed E-state index contributed by atoms with van der Waals surface area (Å²) in [6.45, 7) is 4.72. The molecule has 1 unspecified atom stereocenters. The molecule has 2 aromatic rings. The Morgan fingerprint density at radius 2 is 1.93 bits per heavy atom. The smallest absolute Gasteiger partial charge is 0.251 e. The van der Waals surface area contributed by atoms with Crippen molar-refractivity contribution in [2.75, 3.05) is 26.2 Å². The molecule has 2 N–H and O–H groups in total. The van der Waals surface area contributed by atoms with E-state index in [2.05, 4.69) is 23.2 Å². The molecule has 5 nitrogen and oxygen atoms in total. The second-order valence-corrected chi connectivity index (χ2v) is 7.38. The highest BCUT2D eigenvalue weighted by Gasteiger charge is 2.22. The van der Waals surface area contributed by atoms with Gasteiger partial charge in [0.15, 0.2) is 0 Å². The number of aryl methyl sites for hydroxylation is 1. The van der Waals surface area contributed by atoms with Crippen LogP contribution in [0.25, 0.3) is 0 Å². The van der Waals surface area contributed by atoms with E-state index in [1.54, 1.807) is 0 Å². The van der Waals surface area contributed by atoms with Gasteiger partial charge in [0.1, 0.15) is 18.5 Å². The van der Waals surface area contributed by atoms with Gasteiger partial charge in [0, 0.05) is 31.2 Å². The van der Waals surface area contributed by atoms with Crippen LogP contribution < -0.4 is 10.1 Å². The Morgan fingerprint density at radius 1 is 1.18 bits per heavy atom. The van der Waals surface area contributed by atoms with Crippen LogP contribution in [0.2, 0.25) is 0 Å². The van der Waals surface area contributed by atoms with E-state index in [4.69, 9.17) is 4.74 Å². The lowest BCUT2D eigenvalue weighted by molar-refractivity contribution is 0.0567. The maximum atomic E-state index is 12.3. The molecule has 0 radical (unpaired) electrons. The summed E-state index contributed by atoms with van der Waals surface area (Å²) in [6.07, 6.45) is 2.23. The third-order valence-corrected chi connectivity index (χ3v) is 5.18. The Labute approximate surface area is 167 Å². The summed E-state index contributed by atoms with van der Waals surface area (Å²) in [7, 11) is 0. The van der Waals surface area contributed by atoms with Crippen LogP contribution in [0.15, 0.2) is 54.6 Å². The number of aliphatic hydroxyl groups is 1. The van der Waals surface area contributed by atoms with Gasteiger partial charge in [0.25, 0.3) is 5.91 Å². The summed E-state index contributed by atoms with van der Waals surface area (Å²) < 4.78 is 5.74. The molecule has 0 bridgehead atoms. The second-order valence-electron chi connectivity index (χ2n) is 7.38. The average Bonchev–Trinajstić information content (AvgIpc) is 2.74. The molecule has 2 aromatic carbocycles. The van der Waals surface area contributed by atoms with Crippen molar-refractivity contribution in [1.82, 2.24) is 10.2 Å². The van der Waals surface area contributed by atoms with Crippen LogP contribution in [-0.2, 0) is 6.42 Å². The minimum absolute atomic E-state index is 0.0122. The number of nitrogens with one attached hydrogen (secondary N) is 1. The number of aliphatic hydroxyl groups excluding tert-OH is 1. The summed E-state index contributed by atoms with van der Waals surface area (Å²) >= 11 is 0. The van der Waals surface area contributed by atoms with E-state index < -0.39 is 6.10 Å². The summed E-state index contributed by atoms with van der Waals surface area (Å²) in [5, 5.41) is 13.4. The lowest BCUT2D eigenvalue weighted by atomic mass is 10.0. The van der Waals surface area contributed by atoms with Gasteiger partial charge in [-0.25, -0.2) is 0 Å². The minimum Gasteiger partial charge on any atom is -0.491 e. The number of hydrogen-bond donors (Lipinski definition) is 2. The van der Waals surface area contributed by atoms with Crippen molar-refractivity contribution < 1.29 is 14.6 Å². The minimum atomic E-state index is -0.527. The van der Waals surface area contributed by atoms with Crippen molar-refractivity contribution in [3.05, 3.63) is 65.7 Å². The van der Waals surface area contributed by atoms with Crippen molar-refractivity contribution in [2.45, 2.75) is 38.3 Å². The van der Waals surface area contributed by atoms with Crippen molar-refractivity contribution in [1.29, 1.82) is 0 Å². The zero-order valence-electron chi connectivity index (χ0n) is 16.5. The summed E-state index contributed by atoms with van der Waals surface area (Å²) in [5.74, 6) is 0.794. The number of ether oxygens (including phenoxy) is 1. The highest BCUT2D eigenvalue weighted by Crippen LogP contribution is 2.15. The predicted octanol–water partition coefficient (Wildman–Crippen LogP) is 2.88. The molecule has 1 fully saturated rings. The number of piperidine rings is 1. The highest BCUT2D eigenvalue weighted by atomic mass is 16.5. The topological polar surface area (TPSA) is 61.8 Å². The lowest BCUT2D eigenvalue weighted by Gasteiger charge is -2.33. The monoisotopic (exact) mass is 382 g/mol. The van der Waals surface area contributed by atoms with E-state index in [1.165, 1.54) is 5.56 Å². The standard InChI is InChI=1S/C23H30N2O3/c1-2-18-7-6-10-22(15-18)28-17-21(26)16-25-13-11-20(12-14-25)24-23(27)19-8-4-3-5-9-19/h3-10,15,20-21,26H,2,11-14,16-17H2,1H3,(H,24,27). The number of benzene rings is 2. The maximum absolute atomic E-state index is 12.3. The molecule has 5 heteroatoms. The van der Waals surface area contributed by atoms with E-state index in [9.17, 15) is 9.90 Å². The Kier molecular flexibility index (Phi) is 7.46. The molecular formula is C23H30N2O3. The first kappa shape index (κ1) is 20.4. The third-order valence-electron chi connectivity index (χ3n) is 5.18. The molecule has 3 rings (SSSR count). The number of rotatable bonds is 8. The highest BCUT2D eigenvalue weighted by molar-refractivity contribution is 5.94. The molecule has 1 aliphatic heterocycles. The molecule has 1 saturated heterocycles.